The lowest BCUT2D eigenvalue weighted by molar-refractivity contribution is 0.0541. The molecule has 0 atom stereocenters. The number of nitrogens with zero attached hydrogens (tertiary/aromatic N) is 1. The highest BCUT2D eigenvalue weighted by atomic mass is 16.6. The normalized spacial score (nSPS) is 10.8. The van der Waals surface area contributed by atoms with Crippen LogP contribution in [0.25, 0.3) is 0 Å². The van der Waals surface area contributed by atoms with Crippen molar-refractivity contribution < 1.29 is 9.53 Å². The van der Waals surface area contributed by atoms with E-state index in [4.69, 9.17) is 10.5 Å². The Morgan fingerprint density at radius 2 is 2.18 bits per heavy atom. The second kappa shape index (κ2) is 5.49. The molecule has 6 nitrogen and oxygen atoms in total. The molecule has 0 aromatic carbocycles. The van der Waals surface area contributed by atoms with Gasteiger partial charge in [-0.3, -0.25) is 5.43 Å². The van der Waals surface area contributed by atoms with Crippen LogP contribution in [0.1, 0.15) is 26.3 Å². The first-order valence-corrected chi connectivity index (χ1v) is 5.31. The van der Waals surface area contributed by atoms with E-state index >= 15 is 0 Å². The number of aromatic nitrogens is 1. The average Bonchev–Trinajstić information content (AvgIpc) is 2.25. The minimum Gasteiger partial charge on any atom is -0.443 e. The van der Waals surface area contributed by atoms with E-state index in [0.717, 1.165) is 5.56 Å². The van der Waals surface area contributed by atoms with Crippen LogP contribution in [-0.4, -0.2) is 16.7 Å². The van der Waals surface area contributed by atoms with E-state index < -0.39 is 11.7 Å². The SMILES string of the molecule is CC(C)(C)OC(=O)NNc1ccc(CN)cn1. The number of hydrogen-bond donors (Lipinski definition) is 3. The average molecular weight is 238 g/mol. The second-order valence-electron chi connectivity index (χ2n) is 4.51. The molecule has 94 valence electrons. The van der Waals surface area contributed by atoms with Crippen molar-refractivity contribution in [3.63, 3.8) is 0 Å². The minimum atomic E-state index is -0.554. The monoisotopic (exact) mass is 238 g/mol. The molecule has 0 saturated heterocycles. The van der Waals surface area contributed by atoms with Crippen molar-refractivity contribution in [2.24, 2.45) is 5.73 Å². The molecule has 0 bridgehead atoms. The van der Waals surface area contributed by atoms with Crippen LogP contribution in [0.4, 0.5) is 10.6 Å². The van der Waals surface area contributed by atoms with Gasteiger partial charge in [0.15, 0.2) is 0 Å². The van der Waals surface area contributed by atoms with Gasteiger partial charge >= 0.3 is 6.09 Å². The van der Waals surface area contributed by atoms with E-state index in [2.05, 4.69) is 15.8 Å². The zero-order valence-electron chi connectivity index (χ0n) is 10.3. The number of amides is 1. The molecule has 0 aliphatic rings. The summed E-state index contributed by atoms with van der Waals surface area (Å²) in [6.07, 6.45) is 1.08. The summed E-state index contributed by atoms with van der Waals surface area (Å²) in [4.78, 5) is 15.4. The van der Waals surface area contributed by atoms with Crippen molar-refractivity contribution in [2.75, 3.05) is 5.43 Å². The molecule has 0 radical (unpaired) electrons. The van der Waals surface area contributed by atoms with Crippen LogP contribution in [0.2, 0.25) is 0 Å². The van der Waals surface area contributed by atoms with Crippen molar-refractivity contribution in [3.05, 3.63) is 23.9 Å². The van der Waals surface area contributed by atoms with Crippen molar-refractivity contribution in [1.29, 1.82) is 0 Å². The second-order valence-corrected chi connectivity index (χ2v) is 4.51. The van der Waals surface area contributed by atoms with E-state index in [-0.39, 0.29) is 0 Å². The van der Waals surface area contributed by atoms with Gasteiger partial charge in [-0.05, 0) is 32.4 Å². The fourth-order valence-electron chi connectivity index (χ4n) is 1.04. The van der Waals surface area contributed by atoms with Crippen molar-refractivity contribution in [3.8, 4) is 0 Å². The maximum absolute atomic E-state index is 11.3. The number of carbonyl (C=O) groups excluding carboxylic acids is 1. The molecule has 0 saturated carbocycles. The van der Waals surface area contributed by atoms with Gasteiger partial charge in [-0.25, -0.2) is 15.2 Å². The molecule has 0 aliphatic carbocycles. The number of pyridine rings is 1. The first-order chi connectivity index (χ1) is 7.90. The highest BCUT2D eigenvalue weighted by Gasteiger charge is 2.15. The number of rotatable bonds is 3. The molecule has 17 heavy (non-hydrogen) atoms. The molecule has 1 rings (SSSR count). The Hall–Kier alpha value is -1.82. The van der Waals surface area contributed by atoms with Gasteiger partial charge in [0, 0.05) is 12.7 Å². The third-order valence-corrected chi connectivity index (χ3v) is 1.75. The number of hydrogen-bond acceptors (Lipinski definition) is 5. The molecule has 1 aromatic rings. The highest BCUT2D eigenvalue weighted by molar-refractivity contribution is 5.69. The third-order valence-electron chi connectivity index (χ3n) is 1.75. The van der Waals surface area contributed by atoms with E-state index in [0.29, 0.717) is 12.4 Å². The smallest absolute Gasteiger partial charge is 0.426 e. The molecule has 0 aliphatic heterocycles. The zero-order chi connectivity index (χ0) is 12.9. The Morgan fingerprint density at radius 3 is 2.65 bits per heavy atom. The molecule has 0 fully saturated rings. The lowest BCUT2D eigenvalue weighted by Gasteiger charge is -2.19. The molecule has 0 unspecified atom stereocenters. The Balaban J connectivity index is 2.42. The standard InChI is InChI=1S/C11H18N4O2/c1-11(2,3)17-10(16)15-14-9-5-4-8(6-12)7-13-9/h4-5,7H,6,12H2,1-3H3,(H,13,14)(H,15,16). The Bertz CT molecular complexity index is 370. The summed E-state index contributed by atoms with van der Waals surface area (Å²) in [5.74, 6) is 0.521. The number of hydrazine groups is 1. The first kappa shape index (κ1) is 13.2. The first-order valence-electron chi connectivity index (χ1n) is 5.31. The summed E-state index contributed by atoms with van der Waals surface area (Å²) in [5, 5.41) is 0. The molecule has 6 heteroatoms. The Morgan fingerprint density at radius 1 is 1.47 bits per heavy atom. The summed E-state index contributed by atoms with van der Waals surface area (Å²) in [7, 11) is 0. The van der Waals surface area contributed by atoms with E-state index in [1.165, 1.54) is 0 Å². The Labute approximate surface area is 101 Å². The van der Waals surface area contributed by atoms with Crippen LogP contribution in [0.3, 0.4) is 0 Å². The van der Waals surface area contributed by atoms with Gasteiger partial charge in [0.05, 0.1) is 0 Å². The van der Waals surface area contributed by atoms with Crippen LogP contribution in [0.5, 0.6) is 0 Å². The number of nitrogens with one attached hydrogen (secondary N) is 2. The predicted octanol–water partition coefficient (Wildman–Crippen LogP) is 1.39. The van der Waals surface area contributed by atoms with Gasteiger partial charge in [-0.15, -0.1) is 0 Å². The highest BCUT2D eigenvalue weighted by Crippen LogP contribution is 2.07. The van der Waals surface area contributed by atoms with Crippen LogP contribution in [0.15, 0.2) is 18.3 Å². The molecule has 0 spiro atoms. The van der Waals surface area contributed by atoms with Gasteiger partial charge in [-0.1, -0.05) is 6.07 Å². The van der Waals surface area contributed by atoms with Gasteiger partial charge < -0.3 is 10.5 Å². The van der Waals surface area contributed by atoms with Crippen molar-refractivity contribution >= 4 is 11.9 Å². The van der Waals surface area contributed by atoms with Crippen LogP contribution in [0, 0.1) is 0 Å². The van der Waals surface area contributed by atoms with Crippen LogP contribution < -0.4 is 16.6 Å². The third kappa shape index (κ3) is 5.17. The quantitative estimate of drug-likeness (QED) is 0.692. The number of ether oxygens (including phenoxy) is 1. The lowest BCUT2D eigenvalue weighted by atomic mass is 10.2. The maximum atomic E-state index is 11.3. The van der Waals surface area contributed by atoms with Gasteiger partial charge in [0.1, 0.15) is 11.4 Å². The van der Waals surface area contributed by atoms with Crippen molar-refractivity contribution in [1.82, 2.24) is 10.4 Å². The molecule has 1 heterocycles. The number of nitrogens with two attached hydrogens (primary N) is 1. The molecular formula is C11H18N4O2. The van der Waals surface area contributed by atoms with Crippen LogP contribution in [-0.2, 0) is 11.3 Å². The summed E-state index contributed by atoms with van der Waals surface area (Å²) in [6, 6.07) is 3.55. The Kier molecular flexibility index (Phi) is 4.28. The maximum Gasteiger partial charge on any atom is 0.426 e. The number of carbonyl (C=O) groups is 1. The molecule has 1 aromatic heterocycles. The minimum absolute atomic E-state index is 0.437. The fourth-order valence-corrected chi connectivity index (χ4v) is 1.04. The molecule has 4 N–H and O–H groups in total. The summed E-state index contributed by atoms with van der Waals surface area (Å²) in [5.41, 5.74) is 10.9. The summed E-state index contributed by atoms with van der Waals surface area (Å²) < 4.78 is 5.04. The topological polar surface area (TPSA) is 89.3 Å². The van der Waals surface area contributed by atoms with Gasteiger partial charge in [0.2, 0.25) is 0 Å². The van der Waals surface area contributed by atoms with E-state index in [1.807, 2.05) is 6.07 Å². The van der Waals surface area contributed by atoms with Crippen molar-refractivity contribution in [2.45, 2.75) is 32.9 Å². The summed E-state index contributed by atoms with van der Waals surface area (Å²) >= 11 is 0. The lowest BCUT2D eigenvalue weighted by Crippen LogP contribution is -2.36. The van der Waals surface area contributed by atoms with Gasteiger partial charge in [0.25, 0.3) is 0 Å². The number of anilines is 1. The molecular weight excluding hydrogens is 220 g/mol. The van der Waals surface area contributed by atoms with Crippen LogP contribution >= 0.6 is 0 Å². The largest absolute Gasteiger partial charge is 0.443 e. The van der Waals surface area contributed by atoms with E-state index in [1.54, 1.807) is 33.0 Å². The summed E-state index contributed by atoms with van der Waals surface area (Å²) in [6.45, 7) is 5.81. The van der Waals surface area contributed by atoms with E-state index in [9.17, 15) is 4.79 Å². The zero-order valence-corrected chi connectivity index (χ0v) is 10.3. The fraction of sp³-hybridized carbons (Fsp3) is 0.455. The predicted molar refractivity (Wildman–Crippen MR) is 65.1 cm³/mol. The molecule has 1 amide bonds. The van der Waals surface area contributed by atoms with Gasteiger partial charge in [-0.2, -0.15) is 0 Å².